The molecule has 3 rings (SSSR count). The third-order valence-corrected chi connectivity index (χ3v) is 3.72. The van der Waals surface area contributed by atoms with Gasteiger partial charge in [-0.2, -0.15) is 15.5 Å². The number of nitriles is 1. The minimum absolute atomic E-state index is 0.216. The molecule has 3 aromatic rings. The second kappa shape index (κ2) is 8.41. The predicted octanol–water partition coefficient (Wildman–Crippen LogP) is 3.09. The molecule has 28 heavy (non-hydrogen) atoms. The summed E-state index contributed by atoms with van der Waals surface area (Å²) in [7, 11) is 1.57. The van der Waals surface area contributed by atoms with Gasteiger partial charge in [0, 0.05) is 0 Å². The fourth-order valence-corrected chi connectivity index (χ4v) is 2.34. The lowest BCUT2D eigenvalue weighted by atomic mass is 9.97. The van der Waals surface area contributed by atoms with Crippen molar-refractivity contribution in [2.75, 3.05) is 12.5 Å². The number of aromatic nitrogens is 2. The molecule has 0 radical (unpaired) electrons. The van der Waals surface area contributed by atoms with Gasteiger partial charge in [0.2, 0.25) is 0 Å². The number of rotatable bonds is 7. The van der Waals surface area contributed by atoms with Gasteiger partial charge >= 0.3 is 5.88 Å². The van der Waals surface area contributed by atoms with Gasteiger partial charge in [-0.25, -0.2) is 0 Å². The molecule has 0 spiro atoms. The van der Waals surface area contributed by atoms with E-state index in [-0.39, 0.29) is 11.6 Å². The first kappa shape index (κ1) is 18.5. The van der Waals surface area contributed by atoms with Crippen LogP contribution in [0.25, 0.3) is 0 Å². The number of nitrogens with one attached hydrogen (secondary N) is 1. The Morgan fingerprint density at radius 2 is 2.04 bits per heavy atom. The van der Waals surface area contributed by atoms with Crippen LogP contribution in [0.4, 0.5) is 11.7 Å². The Hall–Kier alpha value is -4.26. The zero-order chi connectivity index (χ0) is 19.9. The van der Waals surface area contributed by atoms with Gasteiger partial charge in [0.05, 0.1) is 31.2 Å². The molecule has 0 saturated heterocycles. The van der Waals surface area contributed by atoms with Crippen LogP contribution in [0.1, 0.15) is 22.9 Å². The molecule has 0 aliphatic rings. The van der Waals surface area contributed by atoms with E-state index in [2.05, 4.69) is 26.8 Å². The van der Waals surface area contributed by atoms with Crippen LogP contribution in [-0.2, 0) is 0 Å². The first-order chi connectivity index (χ1) is 13.6. The highest BCUT2D eigenvalue weighted by Gasteiger charge is 2.16. The average molecular weight is 378 g/mol. The summed E-state index contributed by atoms with van der Waals surface area (Å²) in [5.74, 6) is 0.317. The first-order valence-corrected chi connectivity index (χ1v) is 8.01. The number of hydrogen-bond acceptors (Lipinski definition) is 9. The molecule has 10 heteroatoms. The maximum atomic E-state index is 10.6. The number of nitrogens with zero attached hydrogens (tertiary/aromatic N) is 5. The molecule has 1 aromatic carbocycles. The Bertz CT molecular complexity index is 1020. The number of nitro groups is 1. The van der Waals surface area contributed by atoms with Crippen LogP contribution in [0.15, 0.2) is 58.0 Å². The van der Waals surface area contributed by atoms with Crippen LogP contribution in [0, 0.1) is 21.4 Å². The fourth-order valence-electron chi connectivity index (χ4n) is 2.34. The molecule has 0 fully saturated rings. The van der Waals surface area contributed by atoms with E-state index >= 15 is 0 Å². The molecule has 0 aliphatic heterocycles. The van der Waals surface area contributed by atoms with Gasteiger partial charge in [-0.05, 0) is 35.9 Å². The van der Waals surface area contributed by atoms with Crippen LogP contribution in [0.3, 0.4) is 0 Å². The highest BCUT2D eigenvalue weighted by atomic mass is 16.6. The van der Waals surface area contributed by atoms with E-state index in [1.807, 2.05) is 0 Å². The monoisotopic (exact) mass is 378 g/mol. The van der Waals surface area contributed by atoms with E-state index in [0.717, 1.165) is 5.56 Å². The third-order valence-electron chi connectivity index (χ3n) is 3.72. The topological polar surface area (TPSA) is 139 Å². The Labute approximate surface area is 159 Å². The quantitative estimate of drug-likeness (QED) is 0.376. The highest BCUT2D eigenvalue weighted by molar-refractivity contribution is 5.76. The molecular weight excluding hydrogens is 364 g/mol. The predicted molar refractivity (Wildman–Crippen MR) is 99.1 cm³/mol. The minimum atomic E-state index is -0.636. The van der Waals surface area contributed by atoms with Gasteiger partial charge in [0.1, 0.15) is 16.6 Å². The van der Waals surface area contributed by atoms with E-state index in [9.17, 15) is 15.4 Å². The van der Waals surface area contributed by atoms with Gasteiger partial charge in [-0.15, -0.1) is 5.10 Å². The second-order valence-electron chi connectivity index (χ2n) is 5.48. The largest absolute Gasteiger partial charge is 0.497 e. The van der Waals surface area contributed by atoms with E-state index in [4.69, 9.17) is 9.15 Å². The lowest BCUT2D eigenvalue weighted by Crippen LogP contribution is -2.04. The highest BCUT2D eigenvalue weighted by Crippen LogP contribution is 2.24. The number of hydrogen-bond donors (Lipinski definition) is 1. The van der Waals surface area contributed by atoms with Crippen molar-refractivity contribution in [2.24, 2.45) is 5.10 Å². The lowest BCUT2D eigenvalue weighted by Gasteiger charge is -2.09. The summed E-state index contributed by atoms with van der Waals surface area (Å²) < 4.78 is 10.1. The van der Waals surface area contributed by atoms with Gasteiger partial charge in [-0.1, -0.05) is 12.1 Å². The molecule has 1 N–H and O–H groups in total. The Balaban J connectivity index is 1.66. The van der Waals surface area contributed by atoms with E-state index < -0.39 is 10.8 Å². The van der Waals surface area contributed by atoms with Crippen LogP contribution < -0.4 is 10.2 Å². The van der Waals surface area contributed by atoms with Gasteiger partial charge < -0.3 is 9.15 Å². The third kappa shape index (κ3) is 4.28. The summed E-state index contributed by atoms with van der Waals surface area (Å²) in [6.07, 6.45) is 1.28. The van der Waals surface area contributed by atoms with Gasteiger partial charge in [0.25, 0.3) is 0 Å². The number of ether oxygens (including phenoxy) is 1. The summed E-state index contributed by atoms with van der Waals surface area (Å²) in [5.41, 5.74) is 3.90. The molecule has 0 aliphatic carbocycles. The molecule has 2 aromatic heterocycles. The smallest absolute Gasteiger partial charge is 0.433 e. The molecule has 140 valence electrons. The average Bonchev–Trinajstić information content (AvgIpc) is 3.19. The fraction of sp³-hybridized carbons (Fsp3) is 0.111. The molecule has 0 amide bonds. The summed E-state index contributed by atoms with van der Waals surface area (Å²) in [6.45, 7) is 0. The molecule has 0 bridgehead atoms. The van der Waals surface area contributed by atoms with E-state index in [1.54, 1.807) is 43.5 Å². The zero-order valence-corrected chi connectivity index (χ0v) is 14.6. The Kier molecular flexibility index (Phi) is 5.57. The lowest BCUT2D eigenvalue weighted by molar-refractivity contribution is -0.402. The number of anilines is 1. The van der Waals surface area contributed by atoms with Crippen molar-refractivity contribution in [2.45, 2.75) is 5.92 Å². The van der Waals surface area contributed by atoms with Crippen LogP contribution in [0.5, 0.6) is 5.75 Å². The van der Waals surface area contributed by atoms with E-state index in [1.165, 1.54) is 18.3 Å². The minimum Gasteiger partial charge on any atom is -0.497 e. The normalized spacial score (nSPS) is 11.7. The molecule has 1 atom stereocenters. The summed E-state index contributed by atoms with van der Waals surface area (Å²) in [6, 6.07) is 15.3. The number of furan rings is 1. The van der Waals surface area contributed by atoms with Crippen LogP contribution in [0.2, 0.25) is 0 Å². The summed E-state index contributed by atoms with van der Waals surface area (Å²) >= 11 is 0. The first-order valence-electron chi connectivity index (χ1n) is 8.01. The van der Waals surface area contributed by atoms with Crippen molar-refractivity contribution in [3.8, 4) is 11.8 Å². The van der Waals surface area contributed by atoms with E-state index in [0.29, 0.717) is 17.3 Å². The summed E-state index contributed by atoms with van der Waals surface area (Å²) in [4.78, 5) is 9.92. The van der Waals surface area contributed by atoms with Crippen LogP contribution in [-0.4, -0.2) is 28.4 Å². The van der Waals surface area contributed by atoms with Crippen molar-refractivity contribution in [3.63, 3.8) is 0 Å². The van der Waals surface area contributed by atoms with Crippen molar-refractivity contribution >= 4 is 17.9 Å². The molecule has 0 saturated carbocycles. The second-order valence-corrected chi connectivity index (χ2v) is 5.48. The van der Waals surface area contributed by atoms with Gasteiger partial charge in [0.15, 0.2) is 11.6 Å². The maximum Gasteiger partial charge on any atom is 0.433 e. The van der Waals surface area contributed by atoms with Crippen molar-refractivity contribution in [1.29, 1.82) is 5.26 Å². The number of hydrazone groups is 1. The molecular formula is C18H14N6O4. The zero-order valence-electron chi connectivity index (χ0n) is 14.6. The Morgan fingerprint density at radius 1 is 1.25 bits per heavy atom. The SMILES string of the molecule is COc1ccc(C(C#N)c2ccc(N/N=C/c3ccc([N+](=O)[O-])o3)nn2)cc1. The molecule has 2 heterocycles. The standard InChI is InChI=1S/C18H14N6O4/c1-27-13-4-2-12(3-5-13)15(10-19)16-7-8-17(23-21-16)22-20-11-14-6-9-18(28-14)24(25)26/h2-9,11,15H,1H3,(H,22,23)/b20-11+. The van der Waals surface area contributed by atoms with Crippen molar-refractivity contribution < 1.29 is 14.1 Å². The van der Waals surface area contributed by atoms with Crippen LogP contribution >= 0.6 is 0 Å². The molecule has 10 nitrogen and oxygen atoms in total. The van der Waals surface area contributed by atoms with Crippen molar-refractivity contribution in [1.82, 2.24) is 10.2 Å². The van der Waals surface area contributed by atoms with Gasteiger partial charge in [-0.3, -0.25) is 15.5 Å². The van der Waals surface area contributed by atoms with Crippen molar-refractivity contribution in [3.05, 3.63) is 75.7 Å². The molecule has 1 unspecified atom stereocenters. The Morgan fingerprint density at radius 3 is 2.61 bits per heavy atom. The number of methoxy groups -OCH3 is 1. The summed E-state index contributed by atoms with van der Waals surface area (Å²) in [5, 5.41) is 32.0. The number of benzene rings is 1. The maximum absolute atomic E-state index is 10.6.